The molecule has 1 aromatic heterocycles. The van der Waals surface area contributed by atoms with Crippen LogP contribution in [0.3, 0.4) is 0 Å². The van der Waals surface area contributed by atoms with Crippen molar-refractivity contribution in [2.75, 3.05) is 5.32 Å². The van der Waals surface area contributed by atoms with Crippen LogP contribution in [0.2, 0.25) is 0 Å². The number of anilines is 1. The molecule has 3 rings (SSSR count). The van der Waals surface area contributed by atoms with Crippen LogP contribution in [0, 0.1) is 5.82 Å². The fourth-order valence-corrected chi connectivity index (χ4v) is 2.20. The zero-order valence-electron chi connectivity index (χ0n) is 13.4. The first-order chi connectivity index (χ1) is 12.5. The Labute approximate surface area is 147 Å². The molecule has 0 bridgehead atoms. The first kappa shape index (κ1) is 17.2. The smallest absolute Gasteiger partial charge is 0.413 e. The molecule has 132 valence electrons. The highest BCUT2D eigenvalue weighted by atomic mass is 19.1. The number of carbonyl (C=O) groups excluding carboxylic acids is 1. The number of nitrogens with zero attached hydrogens (tertiary/aromatic N) is 2. The number of halogens is 1. The molecule has 0 spiro atoms. The Balaban J connectivity index is 1.74. The lowest BCUT2D eigenvalue weighted by molar-refractivity contribution is 0.0698. The van der Waals surface area contributed by atoms with Gasteiger partial charge in [0.25, 0.3) is 0 Å². The minimum absolute atomic E-state index is 0.0355. The van der Waals surface area contributed by atoms with Crippen LogP contribution in [-0.4, -0.2) is 26.9 Å². The van der Waals surface area contributed by atoms with Crippen molar-refractivity contribution in [2.45, 2.75) is 6.61 Å². The van der Waals surface area contributed by atoms with E-state index in [1.807, 2.05) is 18.2 Å². The van der Waals surface area contributed by atoms with Gasteiger partial charge in [-0.15, -0.1) is 5.10 Å². The molecule has 0 aliphatic rings. The number of carboxylic acid groups (broad SMARTS) is 1. The van der Waals surface area contributed by atoms with Gasteiger partial charge in [0.15, 0.2) is 5.82 Å². The predicted octanol–water partition coefficient (Wildman–Crippen LogP) is 3.46. The molecule has 0 unspecified atom stereocenters. The van der Waals surface area contributed by atoms with Crippen LogP contribution in [0.5, 0.6) is 0 Å². The van der Waals surface area contributed by atoms with Gasteiger partial charge in [-0.1, -0.05) is 30.3 Å². The van der Waals surface area contributed by atoms with Gasteiger partial charge in [0, 0.05) is 6.20 Å². The molecule has 26 heavy (non-hydrogen) atoms. The summed E-state index contributed by atoms with van der Waals surface area (Å²) in [5, 5.41) is 15.6. The Morgan fingerprint density at radius 3 is 2.46 bits per heavy atom. The third-order valence-electron chi connectivity index (χ3n) is 3.47. The number of hydrogen-bond acceptors (Lipinski definition) is 4. The molecule has 0 saturated carbocycles. The van der Waals surface area contributed by atoms with E-state index in [0.29, 0.717) is 5.69 Å². The van der Waals surface area contributed by atoms with Gasteiger partial charge in [-0.25, -0.2) is 18.7 Å². The summed E-state index contributed by atoms with van der Waals surface area (Å²) in [6.07, 6.45) is 0.392. The number of hydrogen-bond donors (Lipinski definition) is 2. The highest BCUT2D eigenvalue weighted by Gasteiger charge is 2.19. The number of carbonyl (C=O) groups is 2. The van der Waals surface area contributed by atoms with E-state index in [-0.39, 0.29) is 18.0 Å². The molecule has 1 amide bonds. The van der Waals surface area contributed by atoms with E-state index in [1.54, 1.807) is 12.1 Å². The van der Waals surface area contributed by atoms with Gasteiger partial charge in [-0.2, -0.15) is 0 Å². The van der Waals surface area contributed by atoms with E-state index in [9.17, 15) is 19.1 Å². The maximum absolute atomic E-state index is 13.0. The third kappa shape index (κ3) is 4.04. The summed E-state index contributed by atoms with van der Waals surface area (Å²) in [4.78, 5) is 23.3. The average molecular weight is 355 g/mol. The molecule has 8 heteroatoms. The molecule has 0 atom stereocenters. The number of carboxylic acids is 1. The van der Waals surface area contributed by atoms with Crippen LogP contribution in [0.1, 0.15) is 15.9 Å². The van der Waals surface area contributed by atoms with E-state index in [2.05, 4.69) is 10.4 Å². The van der Waals surface area contributed by atoms with Gasteiger partial charge in [-0.3, -0.25) is 5.32 Å². The number of nitrogens with one attached hydrogen (secondary N) is 1. The van der Waals surface area contributed by atoms with Crippen LogP contribution >= 0.6 is 0 Å². The standard InChI is InChI=1S/C18H14FN3O4/c19-13-6-8-14(9-7-13)22-10-15(17(23)24)16(21-22)20-18(25)26-11-12-4-2-1-3-5-12/h1-10H,11H2,(H,23,24)(H,20,21,25). The Bertz CT molecular complexity index is 923. The zero-order chi connectivity index (χ0) is 18.5. The second-order valence-electron chi connectivity index (χ2n) is 5.30. The Kier molecular flexibility index (Phi) is 4.93. The number of benzene rings is 2. The summed E-state index contributed by atoms with van der Waals surface area (Å²) in [5.41, 5.74) is 1.02. The monoisotopic (exact) mass is 355 g/mol. The Morgan fingerprint density at radius 1 is 1.12 bits per heavy atom. The predicted molar refractivity (Wildman–Crippen MR) is 90.7 cm³/mol. The number of aromatic nitrogens is 2. The van der Waals surface area contributed by atoms with Crippen LogP contribution < -0.4 is 5.32 Å². The first-order valence-electron chi connectivity index (χ1n) is 7.59. The van der Waals surface area contributed by atoms with E-state index in [4.69, 9.17) is 4.74 Å². The summed E-state index contributed by atoms with van der Waals surface area (Å²) >= 11 is 0. The van der Waals surface area contributed by atoms with Gasteiger partial charge in [-0.05, 0) is 29.8 Å². The summed E-state index contributed by atoms with van der Waals surface area (Å²) in [7, 11) is 0. The van der Waals surface area contributed by atoms with Crippen molar-refractivity contribution in [1.82, 2.24) is 9.78 Å². The van der Waals surface area contributed by atoms with Crippen LogP contribution in [0.4, 0.5) is 15.0 Å². The maximum atomic E-state index is 13.0. The van der Waals surface area contributed by atoms with Crippen molar-refractivity contribution >= 4 is 17.9 Å². The van der Waals surface area contributed by atoms with Crippen molar-refractivity contribution in [1.29, 1.82) is 0 Å². The molecule has 1 heterocycles. The fraction of sp³-hybridized carbons (Fsp3) is 0.0556. The van der Waals surface area contributed by atoms with Crippen molar-refractivity contribution in [3.8, 4) is 5.69 Å². The van der Waals surface area contributed by atoms with Crippen molar-refractivity contribution in [3.05, 3.63) is 77.7 Å². The SMILES string of the molecule is O=C(Nc1nn(-c2ccc(F)cc2)cc1C(=O)O)OCc1ccccc1. The minimum Gasteiger partial charge on any atom is -0.477 e. The number of aromatic carboxylic acids is 1. The van der Waals surface area contributed by atoms with Crippen molar-refractivity contribution < 1.29 is 23.8 Å². The van der Waals surface area contributed by atoms with E-state index in [0.717, 1.165) is 5.56 Å². The largest absolute Gasteiger partial charge is 0.477 e. The number of ether oxygens (including phenoxy) is 1. The lowest BCUT2D eigenvalue weighted by Gasteiger charge is -2.06. The van der Waals surface area contributed by atoms with E-state index in [1.165, 1.54) is 35.1 Å². The molecule has 0 radical (unpaired) electrons. The summed E-state index contributed by atoms with van der Waals surface area (Å²) < 4.78 is 19.3. The second kappa shape index (κ2) is 7.47. The second-order valence-corrected chi connectivity index (χ2v) is 5.30. The molecule has 2 N–H and O–H groups in total. The Hall–Kier alpha value is -3.68. The first-order valence-corrected chi connectivity index (χ1v) is 7.59. The molecule has 2 aromatic carbocycles. The van der Waals surface area contributed by atoms with Gasteiger partial charge >= 0.3 is 12.1 Å². The zero-order valence-corrected chi connectivity index (χ0v) is 13.4. The minimum atomic E-state index is -1.27. The number of rotatable bonds is 5. The molecular formula is C18H14FN3O4. The molecule has 3 aromatic rings. The van der Waals surface area contributed by atoms with Gasteiger partial charge in [0.05, 0.1) is 5.69 Å². The highest BCUT2D eigenvalue weighted by Crippen LogP contribution is 2.18. The molecule has 0 saturated heterocycles. The molecule has 0 fully saturated rings. The van der Waals surface area contributed by atoms with Crippen molar-refractivity contribution in [2.24, 2.45) is 0 Å². The lowest BCUT2D eigenvalue weighted by Crippen LogP contribution is -2.16. The molecule has 7 nitrogen and oxygen atoms in total. The lowest BCUT2D eigenvalue weighted by atomic mass is 10.2. The van der Waals surface area contributed by atoms with Gasteiger partial charge in [0.1, 0.15) is 18.0 Å². The quantitative estimate of drug-likeness (QED) is 0.731. The molecule has 0 aliphatic carbocycles. The summed E-state index contributed by atoms with van der Waals surface area (Å²) in [5.74, 6) is -1.86. The third-order valence-corrected chi connectivity index (χ3v) is 3.47. The maximum Gasteiger partial charge on any atom is 0.413 e. The molecule has 0 aliphatic heterocycles. The summed E-state index contributed by atoms with van der Waals surface area (Å²) in [6.45, 7) is 0.0355. The normalized spacial score (nSPS) is 10.3. The van der Waals surface area contributed by atoms with E-state index >= 15 is 0 Å². The van der Waals surface area contributed by atoms with Gasteiger partial charge in [0.2, 0.25) is 0 Å². The topological polar surface area (TPSA) is 93.5 Å². The van der Waals surface area contributed by atoms with Crippen molar-refractivity contribution in [3.63, 3.8) is 0 Å². The van der Waals surface area contributed by atoms with E-state index < -0.39 is 17.9 Å². The number of amides is 1. The molecular weight excluding hydrogens is 341 g/mol. The van der Waals surface area contributed by atoms with Crippen LogP contribution in [0.25, 0.3) is 5.69 Å². The summed E-state index contributed by atoms with van der Waals surface area (Å²) in [6, 6.07) is 14.4. The van der Waals surface area contributed by atoms with Crippen LogP contribution in [0.15, 0.2) is 60.8 Å². The fourth-order valence-electron chi connectivity index (χ4n) is 2.20. The van der Waals surface area contributed by atoms with Gasteiger partial charge < -0.3 is 9.84 Å². The average Bonchev–Trinajstić information content (AvgIpc) is 3.05. The highest BCUT2D eigenvalue weighted by molar-refractivity contribution is 5.97. The Morgan fingerprint density at radius 2 is 1.81 bits per heavy atom. The van der Waals surface area contributed by atoms with Crippen LogP contribution in [-0.2, 0) is 11.3 Å².